The molecule has 0 spiro atoms. The van der Waals surface area contributed by atoms with Gasteiger partial charge in [0.1, 0.15) is 0 Å². The number of carbonyl (C=O) groups is 2. The molecule has 0 unspecified atom stereocenters. The van der Waals surface area contributed by atoms with Gasteiger partial charge in [0.2, 0.25) is 0 Å². The van der Waals surface area contributed by atoms with Crippen LogP contribution in [0.5, 0.6) is 0 Å². The minimum absolute atomic E-state index is 0.0481. The Morgan fingerprint density at radius 1 is 1.30 bits per heavy atom. The summed E-state index contributed by atoms with van der Waals surface area (Å²) >= 11 is 0. The van der Waals surface area contributed by atoms with Gasteiger partial charge >= 0.3 is 12.0 Å². The molecule has 0 radical (unpaired) electrons. The Morgan fingerprint density at radius 3 is 2.40 bits per heavy atom. The fourth-order valence-electron chi connectivity index (χ4n) is 1.62. The fraction of sp³-hybridized carbons (Fsp3) is 0.857. The van der Waals surface area contributed by atoms with Crippen LogP contribution in [0.2, 0.25) is 0 Å². The zero-order valence-electron chi connectivity index (χ0n) is 13.3. The number of nitrogens with zero attached hydrogens (tertiary/aromatic N) is 1. The Balaban J connectivity index is 3.85. The summed E-state index contributed by atoms with van der Waals surface area (Å²) in [4.78, 5) is 24.4. The molecule has 0 atom stereocenters. The minimum atomic E-state index is -0.850. The predicted molar refractivity (Wildman–Crippen MR) is 79.9 cm³/mol. The van der Waals surface area contributed by atoms with E-state index >= 15 is 0 Å². The topological polar surface area (TPSA) is 81.7 Å². The van der Waals surface area contributed by atoms with Crippen LogP contribution >= 0.6 is 0 Å². The van der Waals surface area contributed by atoms with Gasteiger partial charge in [-0.05, 0) is 54.1 Å². The first-order valence-electron chi connectivity index (χ1n) is 7.12. The van der Waals surface area contributed by atoms with Gasteiger partial charge in [-0.15, -0.1) is 0 Å². The third kappa shape index (κ3) is 9.61. The van der Waals surface area contributed by atoms with E-state index in [1.807, 2.05) is 13.8 Å². The molecule has 0 bridgehead atoms. The molecule has 118 valence electrons. The van der Waals surface area contributed by atoms with Crippen molar-refractivity contribution in [3.8, 4) is 0 Å². The number of amides is 2. The summed E-state index contributed by atoms with van der Waals surface area (Å²) in [7, 11) is 2.06. The molecule has 3 N–H and O–H groups in total. The smallest absolute Gasteiger partial charge is 0.315 e. The number of carbonyl (C=O) groups excluding carboxylic acids is 1. The van der Waals surface area contributed by atoms with E-state index in [0.717, 1.165) is 13.0 Å². The molecule has 0 rings (SSSR count). The highest BCUT2D eigenvalue weighted by molar-refractivity contribution is 5.74. The molecule has 0 saturated carbocycles. The molecule has 0 aliphatic rings. The van der Waals surface area contributed by atoms with Crippen molar-refractivity contribution >= 4 is 12.0 Å². The van der Waals surface area contributed by atoms with Crippen LogP contribution in [0.15, 0.2) is 0 Å². The van der Waals surface area contributed by atoms with Crippen LogP contribution in [0.1, 0.15) is 47.0 Å². The molecule has 0 saturated heterocycles. The lowest BCUT2D eigenvalue weighted by Gasteiger charge is -2.26. The number of rotatable bonds is 9. The third-order valence-electron chi connectivity index (χ3n) is 3.27. The van der Waals surface area contributed by atoms with Crippen LogP contribution in [0.4, 0.5) is 4.79 Å². The Kier molecular flexibility index (Phi) is 8.22. The van der Waals surface area contributed by atoms with E-state index in [2.05, 4.69) is 36.4 Å². The maximum Gasteiger partial charge on any atom is 0.315 e. The van der Waals surface area contributed by atoms with E-state index in [1.165, 1.54) is 0 Å². The summed E-state index contributed by atoms with van der Waals surface area (Å²) in [6, 6.07) is 0.256. The first-order chi connectivity index (χ1) is 9.14. The summed E-state index contributed by atoms with van der Waals surface area (Å²) in [5, 5.41) is 14.2. The zero-order valence-corrected chi connectivity index (χ0v) is 13.3. The van der Waals surface area contributed by atoms with Gasteiger partial charge in [-0.3, -0.25) is 4.79 Å². The second-order valence-corrected chi connectivity index (χ2v) is 6.09. The predicted octanol–water partition coefficient (Wildman–Crippen LogP) is 1.66. The number of aliphatic carboxylic acids is 1. The largest absolute Gasteiger partial charge is 0.481 e. The average molecular weight is 287 g/mol. The number of carboxylic acids is 1. The third-order valence-corrected chi connectivity index (χ3v) is 3.27. The molecular formula is C14H29N3O3. The van der Waals surface area contributed by atoms with Crippen LogP contribution in [-0.2, 0) is 4.79 Å². The molecule has 0 heterocycles. The van der Waals surface area contributed by atoms with Crippen molar-refractivity contribution in [3.05, 3.63) is 0 Å². The zero-order chi connectivity index (χ0) is 15.8. The number of carboxylic acid groups (broad SMARTS) is 1. The van der Waals surface area contributed by atoms with E-state index in [4.69, 9.17) is 5.11 Å². The lowest BCUT2D eigenvalue weighted by Crippen LogP contribution is -2.49. The van der Waals surface area contributed by atoms with Crippen molar-refractivity contribution in [2.45, 2.75) is 58.5 Å². The highest BCUT2D eigenvalue weighted by Crippen LogP contribution is 2.10. The average Bonchev–Trinajstić information content (AvgIpc) is 2.31. The maximum atomic E-state index is 11.7. The molecule has 2 amide bonds. The van der Waals surface area contributed by atoms with Crippen molar-refractivity contribution in [1.82, 2.24) is 15.5 Å². The number of urea groups is 1. The molecule has 0 aromatic carbocycles. The summed E-state index contributed by atoms with van der Waals surface area (Å²) in [6.07, 6.45) is 1.34. The molecule has 0 aromatic rings. The molecule has 0 aromatic heterocycles. The van der Waals surface area contributed by atoms with Crippen molar-refractivity contribution in [2.24, 2.45) is 0 Å². The van der Waals surface area contributed by atoms with E-state index in [9.17, 15) is 9.59 Å². The van der Waals surface area contributed by atoms with Gasteiger partial charge < -0.3 is 20.6 Å². The molecular weight excluding hydrogens is 258 g/mol. The van der Waals surface area contributed by atoms with Gasteiger partial charge in [-0.1, -0.05) is 0 Å². The SMILES string of the molecule is CC(C)N(C)CCCNC(=O)NC(C)(C)CCC(=O)O. The number of hydrogen-bond donors (Lipinski definition) is 3. The van der Waals surface area contributed by atoms with Crippen molar-refractivity contribution in [2.75, 3.05) is 20.1 Å². The van der Waals surface area contributed by atoms with Gasteiger partial charge in [0.25, 0.3) is 0 Å². The van der Waals surface area contributed by atoms with Gasteiger partial charge in [0, 0.05) is 24.5 Å². The van der Waals surface area contributed by atoms with Crippen LogP contribution in [0.3, 0.4) is 0 Å². The number of hydrogen-bond acceptors (Lipinski definition) is 3. The standard InChI is InChI=1S/C14H29N3O3/c1-11(2)17(5)10-6-9-15-13(20)16-14(3,4)8-7-12(18)19/h11H,6-10H2,1-5H3,(H,18,19)(H2,15,16,20). The van der Waals surface area contributed by atoms with Crippen LogP contribution < -0.4 is 10.6 Å². The van der Waals surface area contributed by atoms with E-state index < -0.39 is 11.5 Å². The van der Waals surface area contributed by atoms with Gasteiger partial charge in [0.05, 0.1) is 0 Å². The van der Waals surface area contributed by atoms with Crippen LogP contribution in [-0.4, -0.2) is 53.7 Å². The highest BCUT2D eigenvalue weighted by Gasteiger charge is 2.21. The summed E-state index contributed by atoms with van der Waals surface area (Å²) in [5.74, 6) is -0.850. The van der Waals surface area contributed by atoms with Crippen LogP contribution in [0, 0.1) is 0 Å². The lowest BCUT2D eigenvalue weighted by atomic mass is 9.99. The van der Waals surface area contributed by atoms with Crippen molar-refractivity contribution in [3.63, 3.8) is 0 Å². The molecule has 6 heteroatoms. The van der Waals surface area contributed by atoms with E-state index in [0.29, 0.717) is 19.0 Å². The van der Waals surface area contributed by atoms with Gasteiger partial charge in [-0.25, -0.2) is 4.79 Å². The van der Waals surface area contributed by atoms with Gasteiger partial charge in [-0.2, -0.15) is 0 Å². The second-order valence-electron chi connectivity index (χ2n) is 6.09. The highest BCUT2D eigenvalue weighted by atomic mass is 16.4. The Hall–Kier alpha value is -1.30. The first-order valence-corrected chi connectivity index (χ1v) is 7.12. The van der Waals surface area contributed by atoms with Gasteiger partial charge in [0.15, 0.2) is 0 Å². The second kappa shape index (κ2) is 8.79. The summed E-state index contributed by atoms with van der Waals surface area (Å²) in [6.45, 7) is 9.44. The Morgan fingerprint density at radius 2 is 1.90 bits per heavy atom. The van der Waals surface area contributed by atoms with E-state index in [-0.39, 0.29) is 12.5 Å². The molecule has 6 nitrogen and oxygen atoms in total. The van der Waals surface area contributed by atoms with Crippen molar-refractivity contribution in [1.29, 1.82) is 0 Å². The quantitative estimate of drug-likeness (QED) is 0.563. The first kappa shape index (κ1) is 18.7. The molecule has 0 fully saturated rings. The lowest BCUT2D eigenvalue weighted by molar-refractivity contribution is -0.137. The molecule has 20 heavy (non-hydrogen) atoms. The Labute approximate surface area is 121 Å². The number of nitrogens with one attached hydrogen (secondary N) is 2. The Bertz CT molecular complexity index is 317. The monoisotopic (exact) mass is 287 g/mol. The van der Waals surface area contributed by atoms with E-state index in [1.54, 1.807) is 0 Å². The molecule has 0 aliphatic heterocycles. The molecule has 0 aliphatic carbocycles. The minimum Gasteiger partial charge on any atom is -0.481 e. The fourth-order valence-corrected chi connectivity index (χ4v) is 1.62. The van der Waals surface area contributed by atoms with Crippen LogP contribution in [0.25, 0.3) is 0 Å². The van der Waals surface area contributed by atoms with Crippen molar-refractivity contribution < 1.29 is 14.7 Å². The summed E-state index contributed by atoms with van der Waals surface area (Å²) < 4.78 is 0. The normalized spacial score (nSPS) is 11.8. The maximum absolute atomic E-state index is 11.7. The summed E-state index contributed by atoms with van der Waals surface area (Å²) in [5.41, 5.74) is -0.517.